The molecule has 2 aliphatic rings. The van der Waals surface area contributed by atoms with Gasteiger partial charge in [-0.05, 0) is 56.4 Å². The predicted octanol–water partition coefficient (Wildman–Crippen LogP) is 2.94. The second-order valence-electron chi connectivity index (χ2n) is 5.46. The van der Waals surface area contributed by atoms with Gasteiger partial charge in [0, 0.05) is 30.4 Å². The number of benzene rings is 1. The number of hydrogen-bond donors (Lipinski definition) is 1. The van der Waals surface area contributed by atoms with Crippen molar-refractivity contribution in [1.29, 1.82) is 0 Å². The van der Waals surface area contributed by atoms with Gasteiger partial charge in [-0.25, -0.2) is 0 Å². The minimum Gasteiger partial charge on any atom is -0.372 e. The summed E-state index contributed by atoms with van der Waals surface area (Å²) in [6, 6.07) is 6.36. The minimum absolute atomic E-state index is 0.187. The molecule has 0 aromatic heterocycles. The standard InChI is InChI=1S/C15H20N2O/c1-11-10-13(17-8-2-3-9-17)6-7-14(11)16-15(18)12-4-5-12/h6-7,10,12H,2-5,8-9H2,1H3,(H,16,18). The smallest absolute Gasteiger partial charge is 0.227 e. The number of anilines is 2. The van der Waals surface area contributed by atoms with Gasteiger partial charge in [0.2, 0.25) is 5.91 Å². The zero-order valence-electron chi connectivity index (χ0n) is 10.9. The lowest BCUT2D eigenvalue weighted by Gasteiger charge is -2.19. The molecule has 3 rings (SSSR count). The lowest BCUT2D eigenvalue weighted by Crippen LogP contribution is -2.18. The molecule has 0 bridgehead atoms. The summed E-state index contributed by atoms with van der Waals surface area (Å²) in [6.07, 6.45) is 4.69. The van der Waals surface area contributed by atoms with E-state index in [0.717, 1.165) is 37.2 Å². The van der Waals surface area contributed by atoms with E-state index < -0.39 is 0 Å². The van der Waals surface area contributed by atoms with Crippen molar-refractivity contribution in [2.75, 3.05) is 23.3 Å². The number of aryl methyl sites for hydroxylation is 1. The van der Waals surface area contributed by atoms with E-state index in [9.17, 15) is 4.79 Å². The number of nitrogens with zero attached hydrogens (tertiary/aromatic N) is 1. The topological polar surface area (TPSA) is 32.3 Å². The van der Waals surface area contributed by atoms with Gasteiger partial charge in [-0.15, -0.1) is 0 Å². The van der Waals surface area contributed by atoms with E-state index in [1.807, 2.05) is 6.07 Å². The lowest BCUT2D eigenvalue weighted by molar-refractivity contribution is -0.117. The van der Waals surface area contributed by atoms with Crippen LogP contribution in [0.15, 0.2) is 18.2 Å². The summed E-state index contributed by atoms with van der Waals surface area (Å²) in [4.78, 5) is 14.2. The van der Waals surface area contributed by atoms with Gasteiger partial charge in [0.15, 0.2) is 0 Å². The normalized spacial score (nSPS) is 19.1. The van der Waals surface area contributed by atoms with Crippen molar-refractivity contribution in [2.24, 2.45) is 5.92 Å². The number of nitrogens with one attached hydrogen (secondary N) is 1. The number of hydrogen-bond acceptors (Lipinski definition) is 2. The maximum absolute atomic E-state index is 11.7. The second-order valence-corrected chi connectivity index (χ2v) is 5.46. The van der Waals surface area contributed by atoms with Crippen LogP contribution in [0.25, 0.3) is 0 Å². The first-order chi connectivity index (χ1) is 8.74. The Balaban J connectivity index is 1.73. The zero-order chi connectivity index (χ0) is 12.5. The van der Waals surface area contributed by atoms with Gasteiger partial charge < -0.3 is 10.2 Å². The third-order valence-electron chi connectivity index (χ3n) is 3.89. The molecule has 96 valence electrons. The van der Waals surface area contributed by atoms with Gasteiger partial charge >= 0.3 is 0 Å². The monoisotopic (exact) mass is 244 g/mol. The van der Waals surface area contributed by atoms with Gasteiger partial charge in [0.25, 0.3) is 0 Å². The molecule has 1 N–H and O–H groups in total. The number of carbonyl (C=O) groups excluding carboxylic acids is 1. The molecule has 3 heteroatoms. The molecule has 18 heavy (non-hydrogen) atoms. The molecule has 1 aromatic carbocycles. The molecule has 1 aliphatic heterocycles. The Labute approximate surface area is 108 Å². The molecular formula is C15H20N2O. The van der Waals surface area contributed by atoms with Crippen molar-refractivity contribution in [2.45, 2.75) is 32.6 Å². The van der Waals surface area contributed by atoms with Crippen LogP contribution in [-0.4, -0.2) is 19.0 Å². The first kappa shape index (κ1) is 11.6. The van der Waals surface area contributed by atoms with Crippen molar-refractivity contribution in [3.63, 3.8) is 0 Å². The molecule has 0 spiro atoms. The van der Waals surface area contributed by atoms with Crippen LogP contribution in [0.1, 0.15) is 31.2 Å². The summed E-state index contributed by atoms with van der Waals surface area (Å²) in [6.45, 7) is 4.39. The SMILES string of the molecule is Cc1cc(N2CCCC2)ccc1NC(=O)C1CC1. The fourth-order valence-electron chi connectivity index (χ4n) is 2.54. The molecule has 1 saturated carbocycles. The highest BCUT2D eigenvalue weighted by molar-refractivity contribution is 5.94. The van der Waals surface area contributed by atoms with E-state index in [1.165, 1.54) is 18.5 Å². The van der Waals surface area contributed by atoms with Crippen LogP contribution in [0, 0.1) is 12.8 Å². The molecule has 1 saturated heterocycles. The van der Waals surface area contributed by atoms with E-state index in [1.54, 1.807) is 0 Å². The zero-order valence-corrected chi connectivity index (χ0v) is 10.9. The van der Waals surface area contributed by atoms with E-state index >= 15 is 0 Å². The summed E-state index contributed by atoms with van der Waals surface area (Å²) < 4.78 is 0. The van der Waals surface area contributed by atoms with Gasteiger partial charge in [0.05, 0.1) is 0 Å². The Morgan fingerprint density at radius 2 is 2.00 bits per heavy atom. The Hall–Kier alpha value is -1.51. The summed E-state index contributed by atoms with van der Waals surface area (Å²) >= 11 is 0. The number of amides is 1. The first-order valence-corrected chi connectivity index (χ1v) is 6.90. The average Bonchev–Trinajstić information content (AvgIpc) is 3.07. The van der Waals surface area contributed by atoms with Crippen molar-refractivity contribution >= 4 is 17.3 Å². The highest BCUT2D eigenvalue weighted by Gasteiger charge is 2.29. The summed E-state index contributed by atoms with van der Waals surface area (Å²) in [5.74, 6) is 0.453. The quantitative estimate of drug-likeness (QED) is 0.886. The summed E-state index contributed by atoms with van der Waals surface area (Å²) in [5.41, 5.74) is 3.41. The average molecular weight is 244 g/mol. The van der Waals surface area contributed by atoms with Crippen LogP contribution in [0.2, 0.25) is 0 Å². The molecule has 0 unspecified atom stereocenters. The fraction of sp³-hybridized carbons (Fsp3) is 0.533. The molecule has 1 amide bonds. The van der Waals surface area contributed by atoms with E-state index in [4.69, 9.17) is 0 Å². The van der Waals surface area contributed by atoms with Crippen molar-refractivity contribution in [3.8, 4) is 0 Å². The molecular weight excluding hydrogens is 224 g/mol. The fourth-order valence-corrected chi connectivity index (χ4v) is 2.54. The lowest BCUT2D eigenvalue weighted by atomic mass is 10.1. The van der Waals surface area contributed by atoms with E-state index in [-0.39, 0.29) is 11.8 Å². The van der Waals surface area contributed by atoms with Gasteiger partial charge in [-0.2, -0.15) is 0 Å². The van der Waals surface area contributed by atoms with Gasteiger partial charge in [-0.1, -0.05) is 0 Å². The van der Waals surface area contributed by atoms with E-state index in [0.29, 0.717) is 0 Å². The first-order valence-electron chi connectivity index (χ1n) is 6.90. The van der Waals surface area contributed by atoms with Crippen molar-refractivity contribution in [1.82, 2.24) is 0 Å². The van der Waals surface area contributed by atoms with Crippen LogP contribution in [-0.2, 0) is 4.79 Å². The maximum Gasteiger partial charge on any atom is 0.227 e. The molecule has 3 nitrogen and oxygen atoms in total. The second kappa shape index (κ2) is 4.63. The Bertz CT molecular complexity index is 460. The molecule has 0 atom stereocenters. The molecule has 1 aliphatic carbocycles. The Morgan fingerprint density at radius 1 is 1.28 bits per heavy atom. The number of carbonyl (C=O) groups is 1. The number of rotatable bonds is 3. The predicted molar refractivity (Wildman–Crippen MR) is 74.0 cm³/mol. The van der Waals surface area contributed by atoms with Crippen molar-refractivity contribution in [3.05, 3.63) is 23.8 Å². The summed E-state index contributed by atoms with van der Waals surface area (Å²) in [7, 11) is 0. The van der Waals surface area contributed by atoms with E-state index in [2.05, 4.69) is 29.3 Å². The molecule has 1 aromatic rings. The maximum atomic E-state index is 11.7. The third-order valence-corrected chi connectivity index (χ3v) is 3.89. The molecule has 1 heterocycles. The van der Waals surface area contributed by atoms with Crippen LogP contribution >= 0.6 is 0 Å². The van der Waals surface area contributed by atoms with Crippen LogP contribution < -0.4 is 10.2 Å². The van der Waals surface area contributed by atoms with Crippen LogP contribution in [0.3, 0.4) is 0 Å². The Morgan fingerprint density at radius 3 is 2.61 bits per heavy atom. The third kappa shape index (κ3) is 2.35. The highest BCUT2D eigenvalue weighted by atomic mass is 16.2. The molecule has 0 radical (unpaired) electrons. The minimum atomic E-state index is 0.187. The van der Waals surface area contributed by atoms with Crippen LogP contribution in [0.5, 0.6) is 0 Å². The van der Waals surface area contributed by atoms with Gasteiger partial charge in [0.1, 0.15) is 0 Å². The molecule has 2 fully saturated rings. The summed E-state index contributed by atoms with van der Waals surface area (Å²) in [5, 5.41) is 3.03. The van der Waals surface area contributed by atoms with Gasteiger partial charge in [-0.3, -0.25) is 4.79 Å². The van der Waals surface area contributed by atoms with Crippen molar-refractivity contribution < 1.29 is 4.79 Å². The Kier molecular flexibility index (Phi) is 2.98. The largest absolute Gasteiger partial charge is 0.372 e. The highest BCUT2D eigenvalue weighted by Crippen LogP contribution is 2.31. The van der Waals surface area contributed by atoms with Crippen LogP contribution in [0.4, 0.5) is 11.4 Å².